The molecule has 1 aliphatic heterocycles. The summed E-state index contributed by atoms with van der Waals surface area (Å²) in [4.78, 5) is 4.89. The van der Waals surface area contributed by atoms with Crippen molar-refractivity contribution >= 4 is 16.0 Å². The molecule has 1 fully saturated rings. The second kappa shape index (κ2) is 6.09. The molecule has 1 aromatic carbocycles. The predicted molar refractivity (Wildman–Crippen MR) is 97.8 cm³/mol. The lowest BCUT2D eigenvalue weighted by Crippen LogP contribution is -2.18. The van der Waals surface area contributed by atoms with Gasteiger partial charge >= 0.3 is 0 Å². The van der Waals surface area contributed by atoms with Crippen LogP contribution in [0.15, 0.2) is 23.1 Å². The van der Waals surface area contributed by atoms with Crippen LogP contribution in [0.2, 0.25) is 0 Å². The van der Waals surface area contributed by atoms with Gasteiger partial charge < -0.3 is 9.30 Å². The smallest absolute Gasteiger partial charge is 0.264 e. The minimum absolute atomic E-state index is 0.331. The lowest BCUT2D eigenvalue weighted by Gasteiger charge is -2.17. The third kappa shape index (κ3) is 2.83. The molecule has 1 aromatic heterocycles. The summed E-state index contributed by atoms with van der Waals surface area (Å²) in [6.07, 6.45) is 7.27. The van der Waals surface area contributed by atoms with Gasteiger partial charge in [-0.2, -0.15) is 0 Å². The Labute approximate surface area is 153 Å². The molecular formula is C19H23N3O3S. The molecule has 2 heterocycles. The lowest BCUT2D eigenvalue weighted by molar-refractivity contribution is 0.106. The number of sulfonamides is 1. The summed E-state index contributed by atoms with van der Waals surface area (Å²) in [6.45, 7) is 1.13. The van der Waals surface area contributed by atoms with Crippen LogP contribution in [0.25, 0.3) is 0 Å². The van der Waals surface area contributed by atoms with Crippen molar-refractivity contribution in [3.63, 3.8) is 0 Å². The summed E-state index contributed by atoms with van der Waals surface area (Å²) in [5.41, 5.74) is 4.44. The molecule has 6 nitrogen and oxygen atoms in total. The van der Waals surface area contributed by atoms with Crippen LogP contribution < -0.4 is 4.72 Å². The fourth-order valence-electron chi connectivity index (χ4n) is 4.09. The van der Waals surface area contributed by atoms with Crippen LogP contribution in [0, 0.1) is 0 Å². The van der Waals surface area contributed by atoms with Gasteiger partial charge in [0, 0.05) is 18.2 Å². The molecule has 0 bridgehead atoms. The molecule has 2 aromatic rings. The van der Waals surface area contributed by atoms with E-state index >= 15 is 0 Å². The van der Waals surface area contributed by atoms with Crippen LogP contribution in [-0.4, -0.2) is 24.6 Å². The first-order chi connectivity index (χ1) is 12.6. The normalized spacial score (nSPS) is 19.7. The third-order valence-electron chi connectivity index (χ3n) is 5.58. The van der Waals surface area contributed by atoms with Crippen molar-refractivity contribution in [2.24, 2.45) is 0 Å². The maximum absolute atomic E-state index is 13.0. The average molecular weight is 373 g/mol. The molecule has 26 heavy (non-hydrogen) atoms. The zero-order chi connectivity index (χ0) is 17.7. The number of nitrogens with one attached hydrogen (secondary N) is 1. The fourth-order valence-corrected chi connectivity index (χ4v) is 5.13. The second-order valence-electron chi connectivity index (χ2n) is 7.48. The molecule has 5 rings (SSSR count). The van der Waals surface area contributed by atoms with Gasteiger partial charge in [0.1, 0.15) is 0 Å². The average Bonchev–Trinajstić information content (AvgIpc) is 3.42. The Morgan fingerprint density at radius 2 is 1.92 bits per heavy atom. The summed E-state index contributed by atoms with van der Waals surface area (Å²) >= 11 is 0. The van der Waals surface area contributed by atoms with E-state index in [4.69, 9.17) is 4.74 Å². The standard InChI is InChI=1S/C19H23N3O3S/c23-26(24,16-8-5-13-3-1-2-4-14(13)11-16)21-19-20-17-12-25-10-9-18(17)22(19)15-6-7-15/h5,8,11,15H,1-4,6-7,9-10,12H2,(H,20,21). The number of rotatable bonds is 4. The predicted octanol–water partition coefficient (Wildman–Crippen LogP) is 2.97. The van der Waals surface area contributed by atoms with Gasteiger partial charge in [-0.25, -0.2) is 18.1 Å². The quantitative estimate of drug-likeness (QED) is 0.894. The van der Waals surface area contributed by atoms with Crippen molar-refractivity contribution in [2.45, 2.75) is 62.5 Å². The highest BCUT2D eigenvalue weighted by molar-refractivity contribution is 7.92. The molecule has 0 unspecified atom stereocenters. The topological polar surface area (TPSA) is 73.2 Å². The SMILES string of the molecule is O=S(=O)(Nc1nc2c(n1C1CC1)CCOC2)c1ccc2c(c1)CCCC2. The Morgan fingerprint density at radius 3 is 2.73 bits per heavy atom. The summed E-state index contributed by atoms with van der Waals surface area (Å²) < 4.78 is 36.3. The number of imidazole rings is 1. The van der Waals surface area contributed by atoms with Crippen molar-refractivity contribution < 1.29 is 13.2 Å². The van der Waals surface area contributed by atoms with E-state index < -0.39 is 10.0 Å². The van der Waals surface area contributed by atoms with Gasteiger partial charge in [0.2, 0.25) is 5.95 Å². The van der Waals surface area contributed by atoms with Crippen molar-refractivity contribution in [1.82, 2.24) is 9.55 Å². The van der Waals surface area contributed by atoms with Crippen LogP contribution in [-0.2, 0) is 40.6 Å². The molecule has 1 N–H and O–H groups in total. The van der Waals surface area contributed by atoms with Crippen molar-refractivity contribution in [3.05, 3.63) is 40.7 Å². The minimum atomic E-state index is -3.65. The van der Waals surface area contributed by atoms with E-state index in [0.29, 0.717) is 30.1 Å². The number of nitrogens with zero attached hydrogens (tertiary/aromatic N) is 2. The van der Waals surface area contributed by atoms with Gasteiger partial charge in [-0.3, -0.25) is 0 Å². The molecule has 0 atom stereocenters. The maximum Gasteiger partial charge on any atom is 0.264 e. The van der Waals surface area contributed by atoms with E-state index in [1.54, 1.807) is 6.07 Å². The molecule has 1 saturated carbocycles. The summed E-state index contributed by atoms with van der Waals surface area (Å²) in [5, 5.41) is 0. The van der Waals surface area contributed by atoms with Gasteiger partial charge in [0.15, 0.2) is 0 Å². The highest BCUT2D eigenvalue weighted by Gasteiger charge is 2.33. The molecule has 0 radical (unpaired) electrons. The molecular weight excluding hydrogens is 350 g/mol. The molecule has 7 heteroatoms. The van der Waals surface area contributed by atoms with E-state index in [1.807, 2.05) is 12.1 Å². The molecule has 3 aliphatic rings. The minimum Gasteiger partial charge on any atom is -0.375 e. The molecule has 2 aliphatic carbocycles. The number of aryl methyl sites for hydroxylation is 2. The highest BCUT2D eigenvalue weighted by atomic mass is 32.2. The Balaban J connectivity index is 1.50. The van der Waals surface area contributed by atoms with Gasteiger partial charge in [-0.1, -0.05) is 6.07 Å². The first kappa shape index (κ1) is 16.3. The van der Waals surface area contributed by atoms with Crippen LogP contribution >= 0.6 is 0 Å². The molecule has 0 saturated heterocycles. The van der Waals surface area contributed by atoms with Gasteiger partial charge in [-0.05, 0) is 61.8 Å². The zero-order valence-electron chi connectivity index (χ0n) is 14.7. The number of hydrogen-bond acceptors (Lipinski definition) is 4. The van der Waals surface area contributed by atoms with Crippen LogP contribution in [0.4, 0.5) is 5.95 Å². The van der Waals surface area contributed by atoms with E-state index in [0.717, 1.165) is 55.5 Å². The Morgan fingerprint density at radius 1 is 1.12 bits per heavy atom. The lowest BCUT2D eigenvalue weighted by atomic mass is 9.92. The molecule has 0 amide bonds. The van der Waals surface area contributed by atoms with Crippen molar-refractivity contribution in [1.29, 1.82) is 0 Å². The number of aromatic nitrogens is 2. The van der Waals surface area contributed by atoms with Crippen LogP contribution in [0.5, 0.6) is 0 Å². The highest BCUT2D eigenvalue weighted by Crippen LogP contribution is 2.40. The Bertz CT molecular complexity index is 961. The fraction of sp³-hybridized carbons (Fsp3) is 0.526. The van der Waals surface area contributed by atoms with Crippen LogP contribution in [0.1, 0.15) is 54.2 Å². The number of hydrogen-bond donors (Lipinski definition) is 1. The van der Waals surface area contributed by atoms with E-state index in [-0.39, 0.29) is 0 Å². The van der Waals surface area contributed by atoms with E-state index in [9.17, 15) is 8.42 Å². The van der Waals surface area contributed by atoms with Gasteiger partial charge in [-0.15, -0.1) is 0 Å². The van der Waals surface area contributed by atoms with Crippen molar-refractivity contribution in [3.8, 4) is 0 Å². The Kier molecular flexibility index (Phi) is 3.83. The first-order valence-electron chi connectivity index (χ1n) is 9.44. The first-order valence-corrected chi connectivity index (χ1v) is 10.9. The largest absolute Gasteiger partial charge is 0.375 e. The third-order valence-corrected chi connectivity index (χ3v) is 6.91. The summed E-state index contributed by atoms with van der Waals surface area (Å²) in [6, 6.07) is 5.89. The van der Waals surface area contributed by atoms with Crippen LogP contribution in [0.3, 0.4) is 0 Å². The maximum atomic E-state index is 13.0. The summed E-state index contributed by atoms with van der Waals surface area (Å²) in [7, 11) is -3.65. The van der Waals surface area contributed by atoms with E-state index in [1.165, 1.54) is 12.0 Å². The second-order valence-corrected chi connectivity index (χ2v) is 9.16. The summed E-state index contributed by atoms with van der Waals surface area (Å²) in [5.74, 6) is 0.445. The van der Waals surface area contributed by atoms with Crippen molar-refractivity contribution in [2.75, 3.05) is 11.3 Å². The van der Waals surface area contributed by atoms with E-state index in [2.05, 4.69) is 14.3 Å². The van der Waals surface area contributed by atoms with Gasteiger partial charge in [0.05, 0.1) is 23.8 Å². The number of ether oxygens (including phenoxy) is 1. The zero-order valence-corrected chi connectivity index (χ0v) is 15.5. The molecule has 138 valence electrons. The number of anilines is 1. The number of fused-ring (bicyclic) bond motifs is 2. The Hall–Kier alpha value is -1.86. The van der Waals surface area contributed by atoms with Gasteiger partial charge in [0.25, 0.3) is 10.0 Å². The monoisotopic (exact) mass is 373 g/mol. The number of benzene rings is 1. The molecule has 0 spiro atoms.